The third-order valence-corrected chi connectivity index (χ3v) is 9.80. The van der Waals surface area contributed by atoms with Gasteiger partial charge in [0.25, 0.3) is 5.91 Å². The minimum atomic E-state index is -3.36. The normalized spacial score (nSPS) is 18.7. The van der Waals surface area contributed by atoms with Crippen molar-refractivity contribution in [1.29, 1.82) is 0 Å². The standard InChI is InChI=1S/C39H55N7O10S/c1-37(2,3)54-33(49)26-13-17-27(18-14-26)40-31(47)30-23-29(44-19-21-45(22-20-44)57(10,52)53)24-46(30)32(48)25-11-15-28(16-12-25)41-34(42-35(50)55-38(4,5)6)43-36(51)56-39(7,8)9/h11-18,29-30H,19-24H2,1-10H3,(H,40,47)(H2,41,42,43,50,51)/t29-,30-/m0/s1. The number of guanidine groups is 1. The van der Waals surface area contributed by atoms with E-state index < -0.39 is 62.8 Å². The first-order valence-electron chi connectivity index (χ1n) is 18.6. The first-order chi connectivity index (χ1) is 26.3. The number of esters is 1. The number of amides is 4. The lowest BCUT2D eigenvalue weighted by Gasteiger charge is -2.36. The highest BCUT2D eigenvalue weighted by Gasteiger charge is 2.43. The molecule has 2 heterocycles. The fourth-order valence-electron chi connectivity index (χ4n) is 6.07. The Kier molecular flexibility index (Phi) is 13.8. The number of carbonyl (C=O) groups is 5. The number of aliphatic imine (C=N–C) groups is 1. The summed E-state index contributed by atoms with van der Waals surface area (Å²) >= 11 is 0. The topological polar surface area (TPSA) is 205 Å². The van der Waals surface area contributed by atoms with Crippen LogP contribution in [0.5, 0.6) is 0 Å². The van der Waals surface area contributed by atoms with Crippen LogP contribution in [0.1, 0.15) is 89.5 Å². The molecule has 0 unspecified atom stereocenters. The number of nitrogens with one attached hydrogen (secondary N) is 3. The van der Waals surface area contributed by atoms with Crippen LogP contribution >= 0.6 is 0 Å². The highest BCUT2D eigenvalue weighted by molar-refractivity contribution is 7.88. The van der Waals surface area contributed by atoms with Gasteiger partial charge >= 0.3 is 18.2 Å². The lowest BCUT2D eigenvalue weighted by molar-refractivity contribution is -0.119. The van der Waals surface area contributed by atoms with Gasteiger partial charge < -0.3 is 29.7 Å². The number of hydrogen-bond acceptors (Lipinski definition) is 11. The fraction of sp³-hybridized carbons (Fsp3) is 0.538. The molecule has 2 fully saturated rings. The van der Waals surface area contributed by atoms with E-state index in [9.17, 15) is 32.4 Å². The quantitative estimate of drug-likeness (QED) is 0.151. The Balaban J connectivity index is 1.54. The maximum atomic E-state index is 14.2. The average molecular weight is 814 g/mol. The van der Waals surface area contributed by atoms with Crippen molar-refractivity contribution >= 4 is 57.3 Å². The molecule has 2 aromatic rings. The molecule has 18 heteroatoms. The largest absolute Gasteiger partial charge is 0.456 e. The lowest BCUT2D eigenvalue weighted by atomic mass is 10.1. The van der Waals surface area contributed by atoms with Crippen LogP contribution in [0.25, 0.3) is 0 Å². The summed E-state index contributed by atoms with van der Waals surface area (Å²) in [4.78, 5) is 73.1. The van der Waals surface area contributed by atoms with E-state index in [1.807, 2.05) is 0 Å². The Bertz CT molecular complexity index is 1940. The van der Waals surface area contributed by atoms with E-state index in [1.54, 1.807) is 98.7 Å². The van der Waals surface area contributed by atoms with E-state index in [4.69, 9.17) is 14.2 Å². The van der Waals surface area contributed by atoms with Crippen LogP contribution in [0.2, 0.25) is 0 Å². The van der Waals surface area contributed by atoms with Crippen molar-refractivity contribution in [1.82, 2.24) is 19.4 Å². The molecule has 0 radical (unpaired) electrons. The molecule has 0 aromatic heterocycles. The Morgan fingerprint density at radius 1 is 0.702 bits per heavy atom. The van der Waals surface area contributed by atoms with Gasteiger partial charge in [-0.25, -0.2) is 22.8 Å². The molecular formula is C39H55N7O10S. The van der Waals surface area contributed by atoms with Gasteiger partial charge in [0.1, 0.15) is 22.8 Å². The van der Waals surface area contributed by atoms with Crippen molar-refractivity contribution in [3.63, 3.8) is 0 Å². The molecule has 2 aliphatic rings. The number of benzene rings is 2. The fourth-order valence-corrected chi connectivity index (χ4v) is 6.89. The second-order valence-electron chi connectivity index (χ2n) is 16.9. The number of hydrogen-bond donors (Lipinski definition) is 3. The lowest BCUT2D eigenvalue weighted by Crippen LogP contribution is -2.52. The first-order valence-corrected chi connectivity index (χ1v) is 20.4. The third kappa shape index (κ3) is 13.8. The molecule has 3 N–H and O–H groups in total. The van der Waals surface area contributed by atoms with Crippen LogP contribution in [0.3, 0.4) is 0 Å². The summed E-state index contributed by atoms with van der Waals surface area (Å²) in [5.41, 5.74) is -1.00. The summed E-state index contributed by atoms with van der Waals surface area (Å²) in [6, 6.07) is 11.3. The van der Waals surface area contributed by atoms with Crippen molar-refractivity contribution in [2.45, 2.75) is 97.6 Å². The Labute approximate surface area is 334 Å². The second-order valence-corrected chi connectivity index (χ2v) is 18.9. The van der Waals surface area contributed by atoms with Crippen molar-refractivity contribution in [3.8, 4) is 0 Å². The van der Waals surface area contributed by atoms with Crippen molar-refractivity contribution in [3.05, 3.63) is 59.7 Å². The summed E-state index contributed by atoms with van der Waals surface area (Å²) in [5, 5.41) is 8.15. The average Bonchev–Trinajstić information content (AvgIpc) is 3.52. The van der Waals surface area contributed by atoms with Gasteiger partial charge in [0, 0.05) is 55.7 Å². The number of anilines is 2. The van der Waals surface area contributed by atoms with Crippen molar-refractivity contribution in [2.75, 3.05) is 49.6 Å². The summed E-state index contributed by atoms with van der Waals surface area (Å²) < 4.78 is 41.7. The van der Waals surface area contributed by atoms with Gasteiger partial charge in [-0.3, -0.25) is 19.8 Å². The molecule has 57 heavy (non-hydrogen) atoms. The van der Waals surface area contributed by atoms with Crippen molar-refractivity contribution in [2.24, 2.45) is 4.99 Å². The maximum Gasteiger partial charge on any atom is 0.437 e. The minimum absolute atomic E-state index is 0.208. The van der Waals surface area contributed by atoms with E-state index >= 15 is 0 Å². The van der Waals surface area contributed by atoms with E-state index in [0.29, 0.717) is 49.5 Å². The molecule has 312 valence electrons. The number of piperazine rings is 1. The SMILES string of the molecule is CC(C)(C)OC(=O)N=C(NC(=O)OC(C)(C)C)Nc1ccc(C(=O)N2C[C@@H](N3CCN(S(C)(=O)=O)CC3)C[C@H]2C(=O)Nc2ccc(C(=O)OC(C)(C)C)cc2)cc1. The Hall–Kier alpha value is -5.07. The molecule has 17 nitrogen and oxygen atoms in total. The van der Waals surface area contributed by atoms with Crippen molar-refractivity contribution < 1.29 is 46.6 Å². The molecule has 4 rings (SSSR count). The van der Waals surface area contributed by atoms with E-state index in [2.05, 4.69) is 25.8 Å². The van der Waals surface area contributed by atoms with Crippen LogP contribution in [-0.2, 0) is 29.0 Å². The summed E-state index contributed by atoms with van der Waals surface area (Å²) in [6.45, 7) is 17.0. The highest BCUT2D eigenvalue weighted by atomic mass is 32.2. The summed E-state index contributed by atoms with van der Waals surface area (Å²) in [5.74, 6) is -1.63. The zero-order valence-electron chi connectivity index (χ0n) is 34.3. The van der Waals surface area contributed by atoms with Crippen LogP contribution in [0, 0.1) is 0 Å². The molecule has 0 spiro atoms. The number of rotatable bonds is 7. The molecule has 0 aliphatic carbocycles. The molecule has 2 atom stereocenters. The summed E-state index contributed by atoms with van der Waals surface area (Å²) in [6.07, 6.45) is -0.356. The number of sulfonamides is 1. The molecule has 4 amide bonds. The predicted molar refractivity (Wildman–Crippen MR) is 215 cm³/mol. The summed E-state index contributed by atoms with van der Waals surface area (Å²) in [7, 11) is -3.36. The van der Waals surface area contributed by atoms with Gasteiger partial charge in [0.15, 0.2) is 0 Å². The van der Waals surface area contributed by atoms with E-state index in [0.717, 1.165) is 0 Å². The van der Waals surface area contributed by atoms with E-state index in [-0.39, 0.29) is 24.1 Å². The predicted octanol–water partition coefficient (Wildman–Crippen LogP) is 4.67. The molecule has 0 bridgehead atoms. The van der Waals surface area contributed by atoms with Gasteiger partial charge in [-0.2, -0.15) is 4.31 Å². The molecule has 2 saturated heterocycles. The number of likely N-dealkylation sites (tertiary alicyclic amines) is 1. The highest BCUT2D eigenvalue weighted by Crippen LogP contribution is 2.28. The third-order valence-electron chi connectivity index (χ3n) is 8.50. The van der Waals surface area contributed by atoms with Gasteiger partial charge in [-0.05, 0) is 117 Å². The smallest absolute Gasteiger partial charge is 0.437 e. The van der Waals surface area contributed by atoms with Crippen LogP contribution < -0.4 is 16.0 Å². The zero-order valence-corrected chi connectivity index (χ0v) is 35.1. The molecule has 2 aliphatic heterocycles. The van der Waals surface area contributed by atoms with Crippen LogP contribution in [0.15, 0.2) is 53.5 Å². The zero-order chi connectivity index (χ0) is 42.5. The monoisotopic (exact) mass is 813 g/mol. The number of nitrogens with zero attached hydrogens (tertiary/aromatic N) is 4. The molecule has 0 saturated carbocycles. The Morgan fingerprint density at radius 3 is 1.72 bits per heavy atom. The maximum absolute atomic E-state index is 14.2. The first kappa shape index (κ1) is 44.6. The van der Waals surface area contributed by atoms with Crippen LogP contribution in [0.4, 0.5) is 21.0 Å². The van der Waals surface area contributed by atoms with Crippen LogP contribution in [-0.4, -0.2) is 126 Å². The minimum Gasteiger partial charge on any atom is -0.456 e. The number of alkyl carbamates (subject to hydrolysis) is 1. The van der Waals surface area contributed by atoms with E-state index in [1.165, 1.54) is 27.6 Å². The number of carbonyl (C=O) groups excluding carboxylic acids is 5. The van der Waals surface area contributed by atoms with Gasteiger partial charge in [-0.1, -0.05) is 0 Å². The molecule has 2 aromatic carbocycles. The molecular weight excluding hydrogens is 759 g/mol. The van der Waals surface area contributed by atoms with Gasteiger partial charge in [0.05, 0.1) is 11.8 Å². The van der Waals surface area contributed by atoms with Gasteiger partial charge in [0.2, 0.25) is 21.9 Å². The second kappa shape index (κ2) is 17.6. The Morgan fingerprint density at radius 2 is 1.21 bits per heavy atom. The van der Waals surface area contributed by atoms with Gasteiger partial charge in [-0.15, -0.1) is 4.99 Å². The number of ether oxygens (including phenoxy) is 3.